The third kappa shape index (κ3) is 63.4. The Morgan fingerprint density at radius 2 is 0.500 bits per heavy atom. The summed E-state index contributed by atoms with van der Waals surface area (Å²) in [4.78, 5) is 38.3. The van der Waals surface area contributed by atoms with Gasteiger partial charge in [0.25, 0.3) is 0 Å². The van der Waals surface area contributed by atoms with Crippen LogP contribution in [0.2, 0.25) is 0 Å². The summed E-state index contributed by atoms with van der Waals surface area (Å²) in [5, 5.41) is 0. The van der Waals surface area contributed by atoms with Crippen molar-refractivity contribution in [1.29, 1.82) is 0 Å². The van der Waals surface area contributed by atoms with Gasteiger partial charge in [-0.3, -0.25) is 14.4 Å². The van der Waals surface area contributed by atoms with Crippen LogP contribution in [0.5, 0.6) is 0 Å². The number of hydrogen-bond donors (Lipinski definition) is 0. The maximum atomic E-state index is 12.9. The van der Waals surface area contributed by atoms with Crippen molar-refractivity contribution in [3.8, 4) is 0 Å². The molecule has 0 spiro atoms. The lowest BCUT2D eigenvalue weighted by Crippen LogP contribution is -2.30. The Morgan fingerprint density at radius 3 is 0.782 bits per heavy atom. The second-order valence-electron chi connectivity index (χ2n) is 22.4. The van der Waals surface area contributed by atoms with Crippen LogP contribution in [-0.4, -0.2) is 37.2 Å². The van der Waals surface area contributed by atoms with Gasteiger partial charge in [0.1, 0.15) is 13.2 Å². The highest BCUT2D eigenvalue weighted by Gasteiger charge is 2.19. The summed E-state index contributed by atoms with van der Waals surface area (Å²) < 4.78 is 17.0. The maximum Gasteiger partial charge on any atom is 0.306 e. The topological polar surface area (TPSA) is 78.9 Å². The first-order valence-corrected chi connectivity index (χ1v) is 33.6. The number of rotatable bonds is 61. The monoisotopic (exact) mass is 1090 g/mol. The SMILES string of the molecule is CC/C=C\C/C=C\C/C=C\C/C=C\C/C=C\CCCCCCCCCCCCCC(=O)OCC(COC(=O)CCCCCCCCCCCCCC)OC(=O)CCCCCCCCCCC/C=C\C/C=C\CCCCCCC. The Kier molecular flexibility index (Phi) is 63.2. The lowest BCUT2D eigenvalue weighted by atomic mass is 10.0. The van der Waals surface area contributed by atoms with Crippen LogP contribution in [0.1, 0.15) is 335 Å². The molecule has 6 nitrogen and oxygen atoms in total. The second-order valence-corrected chi connectivity index (χ2v) is 22.4. The average Bonchev–Trinajstić information content (AvgIpc) is 3.44. The molecule has 0 fully saturated rings. The lowest BCUT2D eigenvalue weighted by molar-refractivity contribution is -0.167. The van der Waals surface area contributed by atoms with Crippen molar-refractivity contribution in [2.24, 2.45) is 0 Å². The molecule has 78 heavy (non-hydrogen) atoms. The summed E-state index contributed by atoms with van der Waals surface area (Å²) in [5.41, 5.74) is 0. The number of esters is 3. The number of hydrogen-bond acceptors (Lipinski definition) is 6. The van der Waals surface area contributed by atoms with E-state index in [-0.39, 0.29) is 31.1 Å². The number of carbonyl (C=O) groups is 3. The predicted octanol–water partition coefficient (Wildman–Crippen LogP) is 23.1. The maximum absolute atomic E-state index is 12.9. The Hall–Kier alpha value is -3.41. The van der Waals surface area contributed by atoms with E-state index >= 15 is 0 Å². The summed E-state index contributed by atoms with van der Waals surface area (Å²) in [6, 6.07) is 0. The average molecular weight is 1090 g/mol. The molecule has 0 aromatic carbocycles. The molecule has 0 saturated carbocycles. The highest BCUT2D eigenvalue weighted by atomic mass is 16.6. The van der Waals surface area contributed by atoms with E-state index in [1.807, 2.05) is 0 Å². The molecule has 0 rings (SSSR count). The van der Waals surface area contributed by atoms with Gasteiger partial charge in [-0.05, 0) is 96.3 Å². The smallest absolute Gasteiger partial charge is 0.306 e. The molecule has 0 radical (unpaired) electrons. The minimum atomic E-state index is -0.779. The van der Waals surface area contributed by atoms with Crippen LogP contribution in [0, 0.1) is 0 Å². The van der Waals surface area contributed by atoms with E-state index in [2.05, 4.69) is 106 Å². The fraction of sp³-hybridized carbons (Fsp3) is 0.764. The highest BCUT2D eigenvalue weighted by molar-refractivity contribution is 5.71. The Bertz CT molecular complexity index is 1480. The predicted molar refractivity (Wildman–Crippen MR) is 339 cm³/mol. The Labute approximate surface area is 484 Å². The first kappa shape index (κ1) is 74.6. The summed E-state index contributed by atoms with van der Waals surface area (Å²) in [6.45, 7) is 6.55. The second kappa shape index (κ2) is 66.1. The van der Waals surface area contributed by atoms with E-state index < -0.39 is 6.10 Å². The van der Waals surface area contributed by atoms with Crippen LogP contribution in [-0.2, 0) is 28.6 Å². The van der Waals surface area contributed by atoms with Crippen molar-refractivity contribution in [2.45, 2.75) is 341 Å². The van der Waals surface area contributed by atoms with Gasteiger partial charge < -0.3 is 14.2 Å². The quantitative estimate of drug-likeness (QED) is 0.0261. The van der Waals surface area contributed by atoms with Gasteiger partial charge in [-0.2, -0.15) is 0 Å². The van der Waals surface area contributed by atoms with E-state index in [4.69, 9.17) is 14.2 Å². The van der Waals surface area contributed by atoms with Gasteiger partial charge in [-0.25, -0.2) is 0 Å². The summed E-state index contributed by atoms with van der Waals surface area (Å²) in [7, 11) is 0. The van der Waals surface area contributed by atoms with Crippen LogP contribution in [0.15, 0.2) is 85.1 Å². The zero-order valence-corrected chi connectivity index (χ0v) is 51.7. The number of carbonyl (C=O) groups excluding carboxylic acids is 3. The van der Waals surface area contributed by atoms with Crippen molar-refractivity contribution in [1.82, 2.24) is 0 Å². The molecule has 0 aliphatic carbocycles. The van der Waals surface area contributed by atoms with Crippen molar-refractivity contribution >= 4 is 17.9 Å². The zero-order valence-electron chi connectivity index (χ0n) is 51.7. The number of unbranched alkanes of at least 4 members (excludes halogenated alkanes) is 36. The molecule has 0 saturated heterocycles. The molecule has 0 aliphatic rings. The first-order valence-electron chi connectivity index (χ1n) is 33.6. The van der Waals surface area contributed by atoms with Gasteiger partial charge in [-0.1, -0.05) is 305 Å². The fourth-order valence-corrected chi connectivity index (χ4v) is 9.62. The van der Waals surface area contributed by atoms with Crippen molar-refractivity contribution in [3.05, 3.63) is 85.1 Å². The third-order valence-electron chi connectivity index (χ3n) is 14.6. The van der Waals surface area contributed by atoms with E-state index in [0.717, 1.165) is 96.3 Å². The van der Waals surface area contributed by atoms with E-state index in [1.165, 1.54) is 199 Å². The van der Waals surface area contributed by atoms with Crippen LogP contribution in [0.3, 0.4) is 0 Å². The van der Waals surface area contributed by atoms with Crippen molar-refractivity contribution in [3.63, 3.8) is 0 Å². The molecule has 0 aromatic rings. The van der Waals surface area contributed by atoms with Gasteiger partial charge in [-0.15, -0.1) is 0 Å². The molecule has 1 unspecified atom stereocenters. The van der Waals surface area contributed by atoms with Gasteiger partial charge in [0.2, 0.25) is 0 Å². The minimum absolute atomic E-state index is 0.0752. The number of ether oxygens (including phenoxy) is 3. The van der Waals surface area contributed by atoms with Gasteiger partial charge >= 0.3 is 17.9 Å². The highest BCUT2D eigenvalue weighted by Crippen LogP contribution is 2.17. The third-order valence-corrected chi connectivity index (χ3v) is 14.6. The number of allylic oxidation sites excluding steroid dienone is 14. The van der Waals surface area contributed by atoms with Crippen LogP contribution in [0.4, 0.5) is 0 Å². The molecule has 450 valence electrons. The largest absolute Gasteiger partial charge is 0.462 e. The standard InChI is InChI=1S/C72H126O6/c1-4-7-10-13-16-19-22-25-27-29-31-33-34-35-36-37-38-40-41-43-45-47-50-53-56-59-62-65-71(74)77-68-69(67-76-70(73)64-61-58-55-52-49-24-21-18-15-12-9-6-3)78-72(75)66-63-60-57-54-51-48-46-44-42-39-32-30-28-26-23-20-17-14-11-8-5-2/h7,10,16,19,23,25-27,30-33,35-36,69H,4-6,8-9,11-15,17-18,20-22,24,28-29,34,37-68H2,1-3H3/b10-7-,19-16-,26-23-,27-25-,32-30-,33-31-,36-35-. The molecule has 6 heteroatoms. The van der Waals surface area contributed by atoms with Crippen LogP contribution in [0.25, 0.3) is 0 Å². The Morgan fingerprint density at radius 1 is 0.269 bits per heavy atom. The van der Waals surface area contributed by atoms with Gasteiger partial charge in [0.05, 0.1) is 0 Å². The molecular formula is C72H126O6. The molecule has 1 atom stereocenters. The fourth-order valence-electron chi connectivity index (χ4n) is 9.62. The van der Waals surface area contributed by atoms with Crippen molar-refractivity contribution in [2.75, 3.05) is 13.2 Å². The van der Waals surface area contributed by atoms with Crippen LogP contribution < -0.4 is 0 Å². The summed E-state index contributed by atoms with van der Waals surface area (Å²) in [6.07, 6.45) is 87.4. The normalized spacial score (nSPS) is 12.6. The van der Waals surface area contributed by atoms with Crippen molar-refractivity contribution < 1.29 is 28.6 Å². The molecule has 0 aliphatic heterocycles. The van der Waals surface area contributed by atoms with E-state index in [0.29, 0.717) is 19.3 Å². The Balaban J connectivity index is 4.28. The summed E-state index contributed by atoms with van der Waals surface area (Å²) in [5.74, 6) is -0.867. The first-order chi connectivity index (χ1) is 38.5. The molecule has 0 amide bonds. The van der Waals surface area contributed by atoms with E-state index in [1.54, 1.807) is 0 Å². The van der Waals surface area contributed by atoms with Gasteiger partial charge in [0.15, 0.2) is 6.10 Å². The molecule has 0 N–H and O–H groups in total. The zero-order chi connectivity index (χ0) is 56.4. The molecule has 0 aromatic heterocycles. The van der Waals surface area contributed by atoms with E-state index in [9.17, 15) is 14.4 Å². The molecule has 0 bridgehead atoms. The van der Waals surface area contributed by atoms with Gasteiger partial charge in [0, 0.05) is 19.3 Å². The minimum Gasteiger partial charge on any atom is -0.462 e. The molecule has 0 heterocycles. The summed E-state index contributed by atoms with van der Waals surface area (Å²) >= 11 is 0. The molecular weight excluding hydrogens is 961 g/mol. The van der Waals surface area contributed by atoms with Crippen LogP contribution >= 0.6 is 0 Å². The lowest BCUT2D eigenvalue weighted by Gasteiger charge is -2.18.